The van der Waals surface area contributed by atoms with Crippen LogP contribution in [0.2, 0.25) is 0 Å². The molecule has 1 heterocycles. The summed E-state index contributed by atoms with van der Waals surface area (Å²) < 4.78 is 0.819. The van der Waals surface area contributed by atoms with Gasteiger partial charge in [0.1, 0.15) is 10.4 Å². The zero-order chi connectivity index (χ0) is 12.8. The second-order valence-electron chi connectivity index (χ2n) is 3.90. The average molecular weight is 302 g/mol. The Balaban J connectivity index is 3.03. The van der Waals surface area contributed by atoms with Crippen molar-refractivity contribution in [2.45, 2.75) is 46.1 Å². The van der Waals surface area contributed by atoms with Gasteiger partial charge in [-0.3, -0.25) is 0 Å². The van der Waals surface area contributed by atoms with Crippen LogP contribution in [0.4, 0.5) is 5.82 Å². The summed E-state index contributed by atoms with van der Waals surface area (Å²) >= 11 is 3.43. The van der Waals surface area contributed by atoms with E-state index in [2.05, 4.69) is 31.2 Å². The largest absolute Gasteiger partial charge is 0.394 e. The summed E-state index contributed by atoms with van der Waals surface area (Å²) in [4.78, 5) is 9.06. The van der Waals surface area contributed by atoms with E-state index < -0.39 is 0 Å². The molecule has 0 bridgehead atoms. The zero-order valence-corrected chi connectivity index (χ0v) is 12.2. The highest BCUT2D eigenvalue weighted by atomic mass is 79.9. The maximum absolute atomic E-state index is 9.21. The van der Waals surface area contributed by atoms with E-state index >= 15 is 0 Å². The van der Waals surface area contributed by atoms with Gasteiger partial charge in [-0.2, -0.15) is 0 Å². The Morgan fingerprint density at radius 2 is 1.82 bits per heavy atom. The number of halogens is 1. The molecule has 1 rings (SSSR count). The van der Waals surface area contributed by atoms with E-state index in [4.69, 9.17) is 0 Å². The summed E-state index contributed by atoms with van der Waals surface area (Å²) in [6, 6.07) is 0.0421. The maximum Gasteiger partial charge on any atom is 0.148 e. The van der Waals surface area contributed by atoms with E-state index in [-0.39, 0.29) is 12.6 Å². The normalized spacial score (nSPS) is 12.5. The van der Waals surface area contributed by atoms with Crippen LogP contribution >= 0.6 is 15.9 Å². The lowest BCUT2D eigenvalue weighted by atomic mass is 10.2. The molecule has 2 N–H and O–H groups in total. The molecule has 0 saturated carbocycles. The molecule has 1 aromatic heterocycles. The molecule has 0 radical (unpaired) electrons. The molecule has 0 fully saturated rings. The summed E-state index contributed by atoms with van der Waals surface area (Å²) in [6.45, 7) is 6.24. The van der Waals surface area contributed by atoms with Gasteiger partial charge >= 0.3 is 0 Å². The Bertz CT molecular complexity index is 367. The molecule has 17 heavy (non-hydrogen) atoms. The molecule has 0 aliphatic carbocycles. The molecule has 1 aromatic rings. The van der Waals surface area contributed by atoms with Crippen molar-refractivity contribution in [3.8, 4) is 0 Å². The summed E-state index contributed by atoms with van der Waals surface area (Å²) in [5.74, 6) is 0.799. The Labute approximate surface area is 111 Å². The SMILES string of the molecule is CCc1nc(N[C@H](CC)CO)c(CC)nc1Br. The maximum atomic E-state index is 9.21. The van der Waals surface area contributed by atoms with Crippen molar-refractivity contribution in [3.05, 3.63) is 16.0 Å². The van der Waals surface area contributed by atoms with Crippen LogP contribution in [-0.4, -0.2) is 27.7 Å². The lowest BCUT2D eigenvalue weighted by Gasteiger charge is -2.17. The highest BCUT2D eigenvalue weighted by molar-refractivity contribution is 9.10. The molecular formula is C12H20BrN3O. The van der Waals surface area contributed by atoms with Gasteiger partial charge < -0.3 is 10.4 Å². The van der Waals surface area contributed by atoms with E-state index in [0.717, 1.165) is 41.1 Å². The number of aliphatic hydroxyl groups excluding tert-OH is 1. The van der Waals surface area contributed by atoms with Crippen LogP contribution < -0.4 is 5.32 Å². The molecule has 0 unspecified atom stereocenters. The Hall–Kier alpha value is -0.680. The first-order chi connectivity index (χ1) is 8.15. The fourth-order valence-corrected chi connectivity index (χ4v) is 2.12. The van der Waals surface area contributed by atoms with E-state index in [1.807, 2.05) is 20.8 Å². The third-order valence-corrected chi connectivity index (χ3v) is 3.35. The van der Waals surface area contributed by atoms with Crippen molar-refractivity contribution in [1.29, 1.82) is 0 Å². The third kappa shape index (κ3) is 3.64. The van der Waals surface area contributed by atoms with Gasteiger partial charge in [0, 0.05) is 0 Å². The standard InChI is InChI=1S/C12H20BrN3O/c1-4-8(7-17)14-12-10(6-3)15-11(13)9(5-2)16-12/h8,17H,4-7H2,1-3H3,(H,14,16)/t8-/m1/s1. The van der Waals surface area contributed by atoms with E-state index in [9.17, 15) is 5.11 Å². The van der Waals surface area contributed by atoms with Crippen molar-refractivity contribution in [3.63, 3.8) is 0 Å². The van der Waals surface area contributed by atoms with Crippen molar-refractivity contribution >= 4 is 21.7 Å². The van der Waals surface area contributed by atoms with Crippen molar-refractivity contribution in [1.82, 2.24) is 9.97 Å². The average Bonchev–Trinajstić information content (AvgIpc) is 2.36. The molecule has 4 nitrogen and oxygen atoms in total. The number of anilines is 1. The summed E-state index contributed by atoms with van der Waals surface area (Å²) in [7, 11) is 0. The second-order valence-corrected chi connectivity index (χ2v) is 4.65. The number of aliphatic hydroxyl groups is 1. The topological polar surface area (TPSA) is 58.0 Å². The van der Waals surface area contributed by atoms with Gasteiger partial charge in [0.15, 0.2) is 0 Å². The van der Waals surface area contributed by atoms with Crippen molar-refractivity contribution < 1.29 is 5.11 Å². The van der Waals surface area contributed by atoms with Gasteiger partial charge in [-0.25, -0.2) is 9.97 Å². The summed E-state index contributed by atoms with van der Waals surface area (Å²) in [5.41, 5.74) is 1.87. The predicted octanol–water partition coefficient (Wildman–Crippen LogP) is 2.55. The van der Waals surface area contributed by atoms with Crippen molar-refractivity contribution in [2.24, 2.45) is 0 Å². The molecular weight excluding hydrogens is 282 g/mol. The summed E-state index contributed by atoms with van der Waals surface area (Å²) in [6.07, 6.45) is 2.51. The molecule has 0 aromatic carbocycles. The number of aryl methyl sites for hydroxylation is 2. The van der Waals surface area contributed by atoms with Crippen LogP contribution in [0.25, 0.3) is 0 Å². The van der Waals surface area contributed by atoms with Crippen molar-refractivity contribution in [2.75, 3.05) is 11.9 Å². The molecule has 96 valence electrons. The number of nitrogens with zero attached hydrogens (tertiary/aromatic N) is 2. The highest BCUT2D eigenvalue weighted by Crippen LogP contribution is 2.20. The fourth-order valence-electron chi connectivity index (χ4n) is 1.54. The monoisotopic (exact) mass is 301 g/mol. The summed E-state index contributed by atoms with van der Waals surface area (Å²) in [5, 5.41) is 12.5. The number of hydrogen-bond donors (Lipinski definition) is 2. The van der Waals surface area contributed by atoms with Crippen LogP contribution in [0.1, 0.15) is 38.6 Å². The molecule has 0 spiro atoms. The molecule has 0 aliphatic rings. The fraction of sp³-hybridized carbons (Fsp3) is 0.667. The van der Waals surface area contributed by atoms with Crippen LogP contribution in [0, 0.1) is 0 Å². The zero-order valence-electron chi connectivity index (χ0n) is 10.6. The van der Waals surface area contributed by atoms with E-state index in [0.29, 0.717) is 0 Å². The van der Waals surface area contributed by atoms with Crippen LogP contribution in [0.15, 0.2) is 4.60 Å². The van der Waals surface area contributed by atoms with Gasteiger partial charge in [-0.1, -0.05) is 20.8 Å². The predicted molar refractivity (Wildman–Crippen MR) is 73.3 cm³/mol. The second kappa shape index (κ2) is 6.91. The molecule has 1 atom stereocenters. The third-order valence-electron chi connectivity index (χ3n) is 2.72. The lowest BCUT2D eigenvalue weighted by Crippen LogP contribution is -2.24. The van der Waals surface area contributed by atoms with Gasteiger partial charge in [0.25, 0.3) is 0 Å². The molecule has 0 amide bonds. The van der Waals surface area contributed by atoms with Crippen LogP contribution in [0.5, 0.6) is 0 Å². The molecule has 0 aliphatic heterocycles. The quantitative estimate of drug-likeness (QED) is 0.848. The lowest BCUT2D eigenvalue weighted by molar-refractivity contribution is 0.271. The minimum absolute atomic E-state index is 0.0421. The van der Waals surface area contributed by atoms with Gasteiger partial charge in [0.05, 0.1) is 24.0 Å². The van der Waals surface area contributed by atoms with Crippen LogP contribution in [0.3, 0.4) is 0 Å². The first kappa shape index (κ1) is 14.4. The first-order valence-corrected chi connectivity index (χ1v) is 6.88. The Kier molecular flexibility index (Phi) is 5.85. The molecule has 0 saturated heterocycles. The number of hydrogen-bond acceptors (Lipinski definition) is 4. The molecule has 5 heteroatoms. The highest BCUT2D eigenvalue weighted by Gasteiger charge is 2.13. The Morgan fingerprint density at radius 1 is 1.18 bits per heavy atom. The van der Waals surface area contributed by atoms with Crippen LogP contribution in [-0.2, 0) is 12.8 Å². The smallest absolute Gasteiger partial charge is 0.148 e. The minimum Gasteiger partial charge on any atom is -0.394 e. The number of rotatable bonds is 6. The number of nitrogens with one attached hydrogen (secondary N) is 1. The van der Waals surface area contributed by atoms with E-state index in [1.165, 1.54) is 0 Å². The first-order valence-electron chi connectivity index (χ1n) is 6.08. The van der Waals surface area contributed by atoms with Gasteiger partial charge in [-0.15, -0.1) is 0 Å². The van der Waals surface area contributed by atoms with Gasteiger partial charge in [-0.05, 0) is 35.2 Å². The minimum atomic E-state index is 0.0421. The van der Waals surface area contributed by atoms with Gasteiger partial charge in [0.2, 0.25) is 0 Å². The van der Waals surface area contributed by atoms with E-state index in [1.54, 1.807) is 0 Å². The number of aromatic nitrogens is 2. The Morgan fingerprint density at radius 3 is 2.29 bits per heavy atom.